The van der Waals surface area contributed by atoms with Gasteiger partial charge < -0.3 is 4.90 Å². The molecular weight excluding hydrogens is 222 g/mol. The van der Waals surface area contributed by atoms with Crippen LogP contribution in [-0.2, 0) is 6.42 Å². The van der Waals surface area contributed by atoms with Crippen LogP contribution in [0, 0.1) is 0 Å². The Morgan fingerprint density at radius 2 is 2.06 bits per heavy atom. The van der Waals surface area contributed by atoms with Crippen molar-refractivity contribution in [2.24, 2.45) is 0 Å². The van der Waals surface area contributed by atoms with Crippen molar-refractivity contribution in [2.75, 3.05) is 6.54 Å². The molecule has 16 heavy (non-hydrogen) atoms. The third kappa shape index (κ3) is 2.76. The normalized spacial score (nSPS) is 20.8. The zero-order valence-electron chi connectivity index (χ0n) is 9.23. The van der Waals surface area contributed by atoms with E-state index >= 15 is 0 Å². The molecule has 0 saturated carbocycles. The SMILES string of the molecule is O=C(Cl)N1CCCCC1Cc1ccccc1. The summed E-state index contributed by atoms with van der Waals surface area (Å²) in [5.41, 5.74) is 1.28. The first-order chi connectivity index (χ1) is 7.77. The number of carbonyl (C=O) groups is 1. The van der Waals surface area contributed by atoms with Gasteiger partial charge in [0.2, 0.25) is 0 Å². The van der Waals surface area contributed by atoms with Crippen molar-refractivity contribution < 1.29 is 4.79 Å². The molecule has 1 aliphatic heterocycles. The van der Waals surface area contributed by atoms with Gasteiger partial charge in [-0.25, -0.2) is 0 Å². The van der Waals surface area contributed by atoms with E-state index in [1.807, 2.05) is 18.2 Å². The van der Waals surface area contributed by atoms with Crippen LogP contribution >= 0.6 is 11.6 Å². The van der Waals surface area contributed by atoms with Gasteiger partial charge >= 0.3 is 5.37 Å². The quantitative estimate of drug-likeness (QED) is 0.570. The number of rotatable bonds is 2. The van der Waals surface area contributed by atoms with E-state index in [2.05, 4.69) is 12.1 Å². The number of amides is 1. The summed E-state index contributed by atoms with van der Waals surface area (Å²) in [5.74, 6) is 0. The lowest BCUT2D eigenvalue weighted by Gasteiger charge is -2.34. The van der Waals surface area contributed by atoms with Gasteiger partial charge in [0.1, 0.15) is 0 Å². The van der Waals surface area contributed by atoms with Gasteiger partial charge in [-0.05, 0) is 42.8 Å². The fourth-order valence-electron chi connectivity index (χ4n) is 2.33. The number of piperidine rings is 1. The topological polar surface area (TPSA) is 20.3 Å². The highest BCUT2D eigenvalue weighted by Crippen LogP contribution is 2.21. The maximum absolute atomic E-state index is 11.3. The minimum absolute atomic E-state index is 0.279. The molecule has 1 unspecified atom stereocenters. The van der Waals surface area contributed by atoms with Crippen molar-refractivity contribution in [3.8, 4) is 0 Å². The molecule has 0 aliphatic carbocycles. The van der Waals surface area contributed by atoms with Gasteiger partial charge in [-0.1, -0.05) is 30.3 Å². The molecule has 1 heterocycles. The first-order valence-electron chi connectivity index (χ1n) is 5.77. The minimum atomic E-state index is -0.305. The number of benzene rings is 1. The van der Waals surface area contributed by atoms with Crippen molar-refractivity contribution in [1.29, 1.82) is 0 Å². The van der Waals surface area contributed by atoms with Crippen LogP contribution in [0.3, 0.4) is 0 Å². The lowest BCUT2D eigenvalue weighted by molar-refractivity contribution is 0.171. The molecule has 0 aromatic heterocycles. The van der Waals surface area contributed by atoms with Crippen LogP contribution < -0.4 is 0 Å². The van der Waals surface area contributed by atoms with E-state index in [1.165, 1.54) is 12.0 Å². The van der Waals surface area contributed by atoms with Crippen molar-refractivity contribution in [3.05, 3.63) is 35.9 Å². The monoisotopic (exact) mass is 237 g/mol. The summed E-state index contributed by atoms with van der Waals surface area (Å²) in [6.45, 7) is 0.805. The molecule has 1 aromatic rings. The van der Waals surface area contributed by atoms with E-state index in [-0.39, 0.29) is 11.4 Å². The van der Waals surface area contributed by atoms with Crippen LogP contribution in [-0.4, -0.2) is 22.9 Å². The summed E-state index contributed by atoms with van der Waals surface area (Å²) >= 11 is 5.60. The molecule has 1 atom stereocenters. The predicted octanol–water partition coefficient (Wildman–Crippen LogP) is 3.44. The summed E-state index contributed by atoms with van der Waals surface area (Å²) in [5, 5.41) is -0.305. The van der Waals surface area contributed by atoms with Crippen molar-refractivity contribution in [2.45, 2.75) is 31.7 Å². The van der Waals surface area contributed by atoms with Crippen LogP contribution in [0.4, 0.5) is 4.79 Å². The molecule has 0 radical (unpaired) electrons. The van der Waals surface area contributed by atoms with Gasteiger partial charge in [-0.2, -0.15) is 0 Å². The summed E-state index contributed by atoms with van der Waals surface area (Å²) < 4.78 is 0. The molecule has 2 rings (SSSR count). The maximum Gasteiger partial charge on any atom is 0.316 e. The Morgan fingerprint density at radius 3 is 2.75 bits per heavy atom. The fourth-order valence-corrected chi connectivity index (χ4v) is 2.55. The molecule has 1 saturated heterocycles. The first kappa shape index (κ1) is 11.5. The molecule has 1 fully saturated rings. The summed E-state index contributed by atoms with van der Waals surface area (Å²) in [6.07, 6.45) is 4.24. The number of halogens is 1. The maximum atomic E-state index is 11.3. The second-order valence-electron chi connectivity index (χ2n) is 4.29. The zero-order chi connectivity index (χ0) is 11.4. The number of carbonyl (C=O) groups excluding carboxylic acids is 1. The van der Waals surface area contributed by atoms with E-state index < -0.39 is 0 Å². The third-order valence-corrected chi connectivity index (χ3v) is 3.38. The van der Waals surface area contributed by atoms with Crippen molar-refractivity contribution in [1.82, 2.24) is 4.90 Å². The molecule has 0 spiro atoms. The molecule has 1 aromatic carbocycles. The average molecular weight is 238 g/mol. The van der Waals surface area contributed by atoms with Gasteiger partial charge in [0, 0.05) is 12.6 Å². The molecule has 1 amide bonds. The van der Waals surface area contributed by atoms with E-state index in [0.29, 0.717) is 0 Å². The Hall–Kier alpha value is -1.02. The molecule has 0 N–H and O–H groups in total. The van der Waals surface area contributed by atoms with Crippen LogP contribution in [0.25, 0.3) is 0 Å². The highest BCUT2D eigenvalue weighted by molar-refractivity contribution is 6.62. The molecular formula is C13H16ClNO. The highest BCUT2D eigenvalue weighted by Gasteiger charge is 2.25. The molecule has 1 aliphatic rings. The standard InChI is InChI=1S/C13H16ClNO/c14-13(16)15-9-5-4-8-12(15)10-11-6-2-1-3-7-11/h1-3,6-7,12H,4-5,8-10H2. The molecule has 3 heteroatoms. The summed E-state index contributed by atoms with van der Waals surface area (Å²) in [6, 6.07) is 10.6. The van der Waals surface area contributed by atoms with Gasteiger partial charge in [-0.3, -0.25) is 4.79 Å². The van der Waals surface area contributed by atoms with E-state index in [0.717, 1.165) is 25.8 Å². The zero-order valence-corrected chi connectivity index (χ0v) is 9.99. The van der Waals surface area contributed by atoms with Crippen LogP contribution in [0.1, 0.15) is 24.8 Å². The molecule has 2 nitrogen and oxygen atoms in total. The van der Waals surface area contributed by atoms with Gasteiger partial charge in [-0.15, -0.1) is 0 Å². The Bertz CT molecular complexity index is 352. The van der Waals surface area contributed by atoms with Crippen LogP contribution in [0.15, 0.2) is 30.3 Å². The van der Waals surface area contributed by atoms with E-state index in [9.17, 15) is 4.79 Å². The van der Waals surface area contributed by atoms with Gasteiger partial charge in [0.15, 0.2) is 0 Å². The third-order valence-electron chi connectivity index (χ3n) is 3.17. The smallest absolute Gasteiger partial charge is 0.316 e. The molecule has 86 valence electrons. The minimum Gasteiger partial charge on any atom is -0.326 e. The first-order valence-corrected chi connectivity index (χ1v) is 6.15. The highest BCUT2D eigenvalue weighted by atomic mass is 35.5. The van der Waals surface area contributed by atoms with E-state index in [1.54, 1.807) is 4.90 Å². The number of likely N-dealkylation sites (tertiary alicyclic amines) is 1. The average Bonchev–Trinajstić information content (AvgIpc) is 2.31. The largest absolute Gasteiger partial charge is 0.326 e. The second-order valence-corrected chi connectivity index (χ2v) is 4.61. The van der Waals surface area contributed by atoms with Gasteiger partial charge in [0.25, 0.3) is 0 Å². The Kier molecular flexibility index (Phi) is 3.83. The lowest BCUT2D eigenvalue weighted by Crippen LogP contribution is -2.42. The number of hydrogen-bond donors (Lipinski definition) is 0. The predicted molar refractivity (Wildman–Crippen MR) is 65.7 cm³/mol. The lowest BCUT2D eigenvalue weighted by atomic mass is 9.96. The number of nitrogens with zero attached hydrogens (tertiary/aromatic N) is 1. The summed E-state index contributed by atoms with van der Waals surface area (Å²) in [4.78, 5) is 13.1. The fraction of sp³-hybridized carbons (Fsp3) is 0.462. The Morgan fingerprint density at radius 1 is 1.31 bits per heavy atom. The van der Waals surface area contributed by atoms with Crippen LogP contribution in [0.2, 0.25) is 0 Å². The van der Waals surface area contributed by atoms with E-state index in [4.69, 9.17) is 11.6 Å². The Balaban J connectivity index is 2.04. The van der Waals surface area contributed by atoms with Gasteiger partial charge in [0.05, 0.1) is 0 Å². The number of hydrogen-bond acceptors (Lipinski definition) is 1. The Labute approximate surface area is 101 Å². The summed E-state index contributed by atoms with van der Waals surface area (Å²) in [7, 11) is 0. The van der Waals surface area contributed by atoms with Crippen LogP contribution in [0.5, 0.6) is 0 Å². The molecule has 0 bridgehead atoms. The second kappa shape index (κ2) is 5.35. The van der Waals surface area contributed by atoms with Crippen molar-refractivity contribution >= 4 is 17.0 Å². The van der Waals surface area contributed by atoms with Crippen molar-refractivity contribution in [3.63, 3.8) is 0 Å².